The van der Waals surface area contributed by atoms with Crippen molar-refractivity contribution in [2.75, 3.05) is 13.2 Å². The second kappa shape index (κ2) is 8.15. The maximum Gasteiger partial charge on any atom is 0.322 e. The molecule has 0 saturated heterocycles. The summed E-state index contributed by atoms with van der Waals surface area (Å²) in [7, 11) is 0. The molecule has 30 heavy (non-hydrogen) atoms. The average Bonchev–Trinajstić information content (AvgIpc) is 3.07. The van der Waals surface area contributed by atoms with Gasteiger partial charge in [0.25, 0.3) is 0 Å². The normalized spacial score (nSPS) is 14.3. The number of fused-ring (bicyclic) bond motifs is 3. The summed E-state index contributed by atoms with van der Waals surface area (Å²) in [5.41, 5.74) is 2.81. The molecule has 1 atom stereocenters. The van der Waals surface area contributed by atoms with Crippen LogP contribution in [0, 0.1) is 0 Å². The van der Waals surface area contributed by atoms with Crippen LogP contribution in [0.2, 0.25) is 0 Å². The summed E-state index contributed by atoms with van der Waals surface area (Å²) in [6, 6.07) is 24.8. The van der Waals surface area contributed by atoms with Crippen LogP contribution in [0.25, 0.3) is 11.1 Å². The zero-order chi connectivity index (χ0) is 21.1. The highest BCUT2D eigenvalue weighted by Gasteiger charge is 2.59. The molecule has 152 valence electrons. The molecule has 3 aromatic rings. The average molecular weight is 400 g/mol. The number of hydrogen-bond donors (Lipinski definition) is 0. The lowest BCUT2D eigenvalue weighted by Gasteiger charge is -2.36. The van der Waals surface area contributed by atoms with Gasteiger partial charge in [0.15, 0.2) is 0 Å². The van der Waals surface area contributed by atoms with Crippen LogP contribution >= 0.6 is 0 Å². The van der Waals surface area contributed by atoms with Crippen molar-refractivity contribution in [2.45, 2.75) is 25.2 Å². The molecule has 0 amide bonds. The van der Waals surface area contributed by atoms with E-state index in [1.807, 2.05) is 78.9 Å². The van der Waals surface area contributed by atoms with E-state index < -0.39 is 23.3 Å². The minimum absolute atomic E-state index is 0.218. The molecule has 0 radical (unpaired) electrons. The lowest BCUT2D eigenvalue weighted by Crippen LogP contribution is -2.46. The van der Waals surface area contributed by atoms with E-state index in [4.69, 9.17) is 9.47 Å². The molecule has 1 aliphatic carbocycles. The van der Waals surface area contributed by atoms with Gasteiger partial charge in [0, 0.05) is 0 Å². The van der Waals surface area contributed by atoms with Crippen LogP contribution in [0.15, 0.2) is 78.9 Å². The van der Waals surface area contributed by atoms with Gasteiger partial charge in [0.1, 0.15) is 11.3 Å². The molecular formula is C26H24O4. The number of carbonyl (C=O) groups excluding carboxylic acids is 2. The Morgan fingerprint density at radius 2 is 1.23 bits per heavy atom. The fourth-order valence-corrected chi connectivity index (χ4v) is 4.60. The first kappa shape index (κ1) is 19.9. The van der Waals surface area contributed by atoms with Gasteiger partial charge in [-0.15, -0.1) is 0 Å². The van der Waals surface area contributed by atoms with Gasteiger partial charge in [-0.25, -0.2) is 0 Å². The molecule has 4 heteroatoms. The predicted molar refractivity (Wildman–Crippen MR) is 115 cm³/mol. The van der Waals surface area contributed by atoms with E-state index in [9.17, 15) is 9.59 Å². The van der Waals surface area contributed by atoms with Crippen molar-refractivity contribution in [1.82, 2.24) is 0 Å². The highest BCUT2D eigenvalue weighted by molar-refractivity contribution is 6.04. The Hall–Kier alpha value is -3.40. The number of hydrogen-bond acceptors (Lipinski definition) is 4. The fourth-order valence-electron chi connectivity index (χ4n) is 4.60. The zero-order valence-electron chi connectivity index (χ0n) is 17.1. The monoisotopic (exact) mass is 400 g/mol. The van der Waals surface area contributed by atoms with Crippen molar-refractivity contribution in [1.29, 1.82) is 0 Å². The topological polar surface area (TPSA) is 52.6 Å². The van der Waals surface area contributed by atoms with Crippen molar-refractivity contribution in [2.24, 2.45) is 0 Å². The first-order chi connectivity index (χ1) is 14.7. The molecule has 1 unspecified atom stereocenters. The van der Waals surface area contributed by atoms with Gasteiger partial charge in [-0.1, -0.05) is 78.9 Å². The SMILES string of the molecule is CCOC(=O)C(c1ccccc1)C1(C(=O)OCC)c2ccccc2-c2ccccc21. The quantitative estimate of drug-likeness (QED) is 0.555. The summed E-state index contributed by atoms with van der Waals surface area (Å²) in [6.07, 6.45) is 0. The Morgan fingerprint density at radius 3 is 1.77 bits per heavy atom. The standard InChI is InChI=1S/C26H24O4/c1-3-29-24(27)23(18-12-6-5-7-13-18)26(25(28)30-4-2)21-16-10-8-14-19(21)20-15-9-11-17-22(20)26/h5-17,23H,3-4H2,1-2H3. The summed E-state index contributed by atoms with van der Waals surface area (Å²) >= 11 is 0. The third-order valence-electron chi connectivity index (χ3n) is 5.68. The molecule has 4 nitrogen and oxygen atoms in total. The Morgan fingerprint density at radius 1 is 0.733 bits per heavy atom. The second-order valence-corrected chi connectivity index (χ2v) is 7.22. The minimum atomic E-state index is -1.32. The number of ether oxygens (including phenoxy) is 2. The first-order valence-corrected chi connectivity index (χ1v) is 10.2. The van der Waals surface area contributed by atoms with E-state index in [0.29, 0.717) is 0 Å². The largest absolute Gasteiger partial charge is 0.465 e. The van der Waals surface area contributed by atoms with Crippen LogP contribution in [-0.4, -0.2) is 25.2 Å². The molecule has 1 aliphatic rings. The van der Waals surface area contributed by atoms with E-state index in [0.717, 1.165) is 27.8 Å². The van der Waals surface area contributed by atoms with Crippen molar-refractivity contribution in [3.63, 3.8) is 0 Å². The van der Waals surface area contributed by atoms with Crippen LogP contribution in [0.4, 0.5) is 0 Å². The molecule has 0 N–H and O–H groups in total. The number of benzene rings is 3. The van der Waals surface area contributed by atoms with E-state index in [2.05, 4.69) is 0 Å². The zero-order valence-corrected chi connectivity index (χ0v) is 17.1. The highest BCUT2D eigenvalue weighted by atomic mass is 16.5. The molecule has 4 rings (SSSR count). The van der Waals surface area contributed by atoms with Crippen LogP contribution in [0.1, 0.15) is 36.5 Å². The van der Waals surface area contributed by atoms with Crippen molar-refractivity contribution >= 4 is 11.9 Å². The van der Waals surface area contributed by atoms with Gasteiger partial charge >= 0.3 is 11.9 Å². The summed E-state index contributed by atoms with van der Waals surface area (Å²) < 4.78 is 11.1. The summed E-state index contributed by atoms with van der Waals surface area (Å²) in [4.78, 5) is 27.2. The van der Waals surface area contributed by atoms with Crippen LogP contribution in [0.3, 0.4) is 0 Å². The molecule has 0 saturated carbocycles. The molecule has 0 aliphatic heterocycles. The predicted octanol–water partition coefficient (Wildman–Crippen LogP) is 4.86. The van der Waals surface area contributed by atoms with Crippen LogP contribution in [-0.2, 0) is 24.5 Å². The van der Waals surface area contributed by atoms with Crippen molar-refractivity contribution in [3.8, 4) is 11.1 Å². The van der Waals surface area contributed by atoms with Crippen LogP contribution in [0.5, 0.6) is 0 Å². The molecule has 0 bridgehead atoms. The Labute approximate surface area is 176 Å². The van der Waals surface area contributed by atoms with Gasteiger partial charge in [-0.05, 0) is 41.7 Å². The Balaban J connectivity index is 2.10. The number of esters is 2. The number of carbonyl (C=O) groups is 2. The first-order valence-electron chi connectivity index (χ1n) is 10.2. The summed E-state index contributed by atoms with van der Waals surface area (Å²) in [5.74, 6) is -1.75. The summed E-state index contributed by atoms with van der Waals surface area (Å²) in [5, 5.41) is 0. The van der Waals surface area contributed by atoms with Gasteiger partial charge in [0.2, 0.25) is 0 Å². The van der Waals surface area contributed by atoms with Crippen molar-refractivity contribution < 1.29 is 19.1 Å². The van der Waals surface area contributed by atoms with Gasteiger partial charge in [0.05, 0.1) is 13.2 Å². The van der Waals surface area contributed by atoms with Gasteiger partial charge < -0.3 is 9.47 Å². The van der Waals surface area contributed by atoms with E-state index in [1.54, 1.807) is 13.8 Å². The minimum Gasteiger partial charge on any atom is -0.465 e. The van der Waals surface area contributed by atoms with Crippen LogP contribution < -0.4 is 0 Å². The Kier molecular flexibility index (Phi) is 5.40. The smallest absolute Gasteiger partial charge is 0.322 e. The van der Waals surface area contributed by atoms with E-state index >= 15 is 0 Å². The van der Waals surface area contributed by atoms with Crippen molar-refractivity contribution in [3.05, 3.63) is 95.6 Å². The Bertz CT molecular complexity index is 1030. The summed E-state index contributed by atoms with van der Waals surface area (Å²) in [6.45, 7) is 3.99. The molecular weight excluding hydrogens is 376 g/mol. The molecule has 0 heterocycles. The molecule has 3 aromatic carbocycles. The lowest BCUT2D eigenvalue weighted by molar-refractivity contribution is -0.157. The van der Waals surface area contributed by atoms with E-state index in [1.165, 1.54) is 0 Å². The third kappa shape index (κ3) is 2.91. The molecule has 0 aromatic heterocycles. The van der Waals surface area contributed by atoms with Gasteiger partial charge in [-0.2, -0.15) is 0 Å². The second-order valence-electron chi connectivity index (χ2n) is 7.22. The lowest BCUT2D eigenvalue weighted by atomic mass is 9.65. The molecule has 0 fully saturated rings. The fraction of sp³-hybridized carbons (Fsp3) is 0.231. The third-order valence-corrected chi connectivity index (χ3v) is 5.68. The van der Waals surface area contributed by atoms with Gasteiger partial charge in [-0.3, -0.25) is 9.59 Å². The maximum atomic E-state index is 13.8. The number of rotatable bonds is 6. The molecule has 0 spiro atoms. The maximum absolute atomic E-state index is 13.8. The highest BCUT2D eigenvalue weighted by Crippen LogP contribution is 2.56. The van der Waals surface area contributed by atoms with E-state index in [-0.39, 0.29) is 13.2 Å².